The van der Waals surface area contributed by atoms with Crippen LogP contribution in [0.4, 0.5) is 0 Å². The van der Waals surface area contributed by atoms with Crippen LogP contribution in [0.2, 0.25) is 0 Å². The predicted octanol–water partition coefficient (Wildman–Crippen LogP) is 2.88. The molecule has 0 aliphatic rings. The van der Waals surface area contributed by atoms with Crippen molar-refractivity contribution in [3.8, 4) is 0 Å². The smallest absolute Gasteiger partial charge is 0.473 e. The van der Waals surface area contributed by atoms with Crippen LogP contribution in [0.15, 0.2) is 12.4 Å². The van der Waals surface area contributed by atoms with Gasteiger partial charge in [-0.15, -0.1) is 24.8 Å². The standard InChI is InChI=1S/2C7H10N.Ru/c2*1-6-4-8(3)5-7(6)2;/h2*4H,1-3H3;/q2*-1;+2. The van der Waals surface area contributed by atoms with Crippen LogP contribution in [0.5, 0.6) is 0 Å². The molecule has 0 N–H and O–H groups in total. The van der Waals surface area contributed by atoms with Crippen molar-refractivity contribution in [1.29, 1.82) is 0 Å². The summed E-state index contributed by atoms with van der Waals surface area (Å²) in [5.74, 6) is 0. The Morgan fingerprint density at radius 1 is 0.765 bits per heavy atom. The van der Waals surface area contributed by atoms with Gasteiger partial charge in [0.15, 0.2) is 0 Å². The van der Waals surface area contributed by atoms with Gasteiger partial charge in [0.05, 0.1) is 0 Å². The van der Waals surface area contributed by atoms with Gasteiger partial charge >= 0.3 is 19.5 Å². The SMILES string of the molecule is Cc1[c-]n(C)cc1C.Cc1[c-]n(C)cc1C.[Ru+2]. The molecule has 0 saturated carbocycles. The maximum Gasteiger partial charge on any atom is 2.00 e. The second kappa shape index (κ2) is 6.81. The summed E-state index contributed by atoms with van der Waals surface area (Å²) in [5, 5.41) is 0. The Hall–Kier alpha value is -0.817. The quantitative estimate of drug-likeness (QED) is 0.522. The van der Waals surface area contributed by atoms with Gasteiger partial charge in [-0.3, -0.25) is 0 Å². The minimum absolute atomic E-state index is 0. The molecule has 94 valence electrons. The van der Waals surface area contributed by atoms with E-state index in [0.717, 1.165) is 0 Å². The van der Waals surface area contributed by atoms with Crippen molar-refractivity contribution in [2.24, 2.45) is 14.1 Å². The van der Waals surface area contributed by atoms with Crippen LogP contribution in [-0.2, 0) is 33.6 Å². The van der Waals surface area contributed by atoms with Crippen molar-refractivity contribution in [3.05, 3.63) is 47.0 Å². The Balaban J connectivity index is 0.000000284. The first-order valence-electron chi connectivity index (χ1n) is 5.44. The summed E-state index contributed by atoms with van der Waals surface area (Å²) in [4.78, 5) is 0. The third-order valence-corrected chi connectivity index (χ3v) is 2.65. The first kappa shape index (κ1) is 16.2. The molecule has 3 heteroatoms. The molecule has 2 rings (SSSR count). The molecule has 0 aromatic carbocycles. The maximum atomic E-state index is 3.12. The molecule has 0 radical (unpaired) electrons. The molecule has 0 aliphatic carbocycles. The number of hydrogen-bond donors (Lipinski definition) is 0. The second-order valence-corrected chi connectivity index (χ2v) is 4.32. The summed E-state index contributed by atoms with van der Waals surface area (Å²) in [6.45, 7) is 8.31. The Labute approximate surface area is 117 Å². The number of nitrogens with zero attached hydrogens (tertiary/aromatic N) is 2. The molecule has 0 amide bonds. The molecule has 0 aliphatic heterocycles. The average Bonchev–Trinajstić information content (AvgIpc) is 2.58. The van der Waals surface area contributed by atoms with Crippen molar-refractivity contribution in [2.75, 3.05) is 0 Å². The maximum absolute atomic E-state index is 3.12. The molecule has 2 heterocycles. The summed E-state index contributed by atoms with van der Waals surface area (Å²) in [6.07, 6.45) is 10.4. The van der Waals surface area contributed by atoms with Crippen molar-refractivity contribution in [2.45, 2.75) is 27.7 Å². The fourth-order valence-electron chi connectivity index (χ4n) is 1.54. The Morgan fingerprint density at radius 3 is 1.12 bits per heavy atom. The summed E-state index contributed by atoms with van der Waals surface area (Å²) in [7, 11) is 3.97. The van der Waals surface area contributed by atoms with E-state index in [-0.39, 0.29) is 19.5 Å². The molecular formula is C14H20N2Ru. The van der Waals surface area contributed by atoms with Crippen molar-refractivity contribution >= 4 is 0 Å². The Kier molecular flexibility index (Phi) is 6.48. The summed E-state index contributed by atoms with van der Waals surface area (Å²) < 4.78 is 3.90. The van der Waals surface area contributed by atoms with E-state index in [2.05, 4.69) is 52.5 Å². The number of hydrogen-bond acceptors (Lipinski definition) is 0. The van der Waals surface area contributed by atoms with Gasteiger partial charge in [-0.1, -0.05) is 27.7 Å². The first-order chi connectivity index (χ1) is 7.40. The van der Waals surface area contributed by atoms with Crippen LogP contribution in [0, 0.1) is 40.1 Å². The summed E-state index contributed by atoms with van der Waals surface area (Å²) >= 11 is 0. The zero-order valence-corrected chi connectivity index (χ0v) is 13.1. The second-order valence-electron chi connectivity index (χ2n) is 4.32. The van der Waals surface area contributed by atoms with E-state index in [1.165, 1.54) is 22.3 Å². The molecule has 0 saturated heterocycles. The minimum Gasteiger partial charge on any atom is -0.473 e. The van der Waals surface area contributed by atoms with Crippen LogP contribution in [0.1, 0.15) is 22.3 Å². The predicted molar refractivity (Wildman–Crippen MR) is 67.4 cm³/mol. The van der Waals surface area contributed by atoms with Gasteiger partial charge in [-0.25, -0.2) is 0 Å². The van der Waals surface area contributed by atoms with Gasteiger partial charge in [0, 0.05) is 0 Å². The molecule has 2 aromatic rings. The molecule has 17 heavy (non-hydrogen) atoms. The molecule has 0 atom stereocenters. The fraction of sp³-hybridized carbons (Fsp3) is 0.429. The molecule has 2 nitrogen and oxygen atoms in total. The van der Waals surface area contributed by atoms with Crippen LogP contribution >= 0.6 is 0 Å². The monoisotopic (exact) mass is 318 g/mol. The minimum atomic E-state index is 0. The van der Waals surface area contributed by atoms with E-state index in [1.54, 1.807) is 0 Å². The van der Waals surface area contributed by atoms with Gasteiger partial charge < -0.3 is 9.13 Å². The molecule has 2 aromatic heterocycles. The van der Waals surface area contributed by atoms with Gasteiger partial charge in [0.2, 0.25) is 0 Å². The van der Waals surface area contributed by atoms with E-state index < -0.39 is 0 Å². The zero-order chi connectivity index (χ0) is 12.3. The molecule has 0 spiro atoms. The Bertz CT molecular complexity index is 383. The molecular weight excluding hydrogens is 297 g/mol. The average molecular weight is 317 g/mol. The van der Waals surface area contributed by atoms with E-state index in [0.29, 0.717) is 0 Å². The Morgan fingerprint density at radius 2 is 1.06 bits per heavy atom. The van der Waals surface area contributed by atoms with Gasteiger partial charge in [-0.05, 0) is 14.1 Å². The van der Waals surface area contributed by atoms with Crippen LogP contribution in [0.3, 0.4) is 0 Å². The third kappa shape index (κ3) is 4.91. The third-order valence-electron chi connectivity index (χ3n) is 2.65. The normalized spacial score (nSPS) is 9.29. The fourth-order valence-corrected chi connectivity index (χ4v) is 1.54. The van der Waals surface area contributed by atoms with E-state index >= 15 is 0 Å². The summed E-state index contributed by atoms with van der Waals surface area (Å²) in [6, 6.07) is 0. The topological polar surface area (TPSA) is 9.86 Å². The molecule has 0 fully saturated rings. The van der Waals surface area contributed by atoms with E-state index in [4.69, 9.17) is 0 Å². The molecule has 0 unspecified atom stereocenters. The summed E-state index contributed by atoms with van der Waals surface area (Å²) in [5.41, 5.74) is 5.11. The van der Waals surface area contributed by atoms with E-state index in [9.17, 15) is 0 Å². The van der Waals surface area contributed by atoms with Crippen molar-refractivity contribution in [3.63, 3.8) is 0 Å². The largest absolute Gasteiger partial charge is 2.00 e. The van der Waals surface area contributed by atoms with E-state index in [1.807, 2.05) is 23.2 Å². The molecule has 0 bridgehead atoms. The number of aromatic nitrogens is 2. The van der Waals surface area contributed by atoms with Crippen LogP contribution in [0.25, 0.3) is 0 Å². The van der Waals surface area contributed by atoms with Gasteiger partial charge in [0.25, 0.3) is 0 Å². The van der Waals surface area contributed by atoms with Crippen molar-refractivity contribution in [1.82, 2.24) is 9.13 Å². The van der Waals surface area contributed by atoms with Crippen LogP contribution in [-0.4, -0.2) is 9.13 Å². The number of aryl methyl sites for hydroxylation is 6. The van der Waals surface area contributed by atoms with Crippen molar-refractivity contribution < 1.29 is 19.5 Å². The zero-order valence-electron chi connectivity index (χ0n) is 11.4. The number of rotatable bonds is 0. The first-order valence-corrected chi connectivity index (χ1v) is 5.44. The van der Waals surface area contributed by atoms with Gasteiger partial charge in [-0.2, -0.15) is 22.3 Å². The van der Waals surface area contributed by atoms with Gasteiger partial charge in [0.1, 0.15) is 0 Å². The van der Waals surface area contributed by atoms with Crippen LogP contribution < -0.4 is 0 Å².